The number of aromatic hydroxyl groups is 1. The lowest BCUT2D eigenvalue weighted by atomic mass is 10.2. The molecule has 98 valence electrons. The van der Waals surface area contributed by atoms with E-state index in [4.69, 9.17) is 17.0 Å². The zero-order valence-electron chi connectivity index (χ0n) is 10.4. The van der Waals surface area contributed by atoms with E-state index in [1.54, 1.807) is 25.3 Å². The second kappa shape index (κ2) is 7.62. The van der Waals surface area contributed by atoms with Gasteiger partial charge in [0.2, 0.25) is 0 Å². The number of nitrogens with zero attached hydrogens (tertiary/aromatic N) is 1. The molecule has 0 amide bonds. The van der Waals surface area contributed by atoms with Gasteiger partial charge in [0.25, 0.3) is 0 Å². The molecule has 1 aromatic rings. The Morgan fingerprint density at radius 2 is 2.28 bits per heavy atom. The molecule has 3 N–H and O–H groups in total. The van der Waals surface area contributed by atoms with Crippen LogP contribution < -0.4 is 10.7 Å². The van der Waals surface area contributed by atoms with Gasteiger partial charge in [0, 0.05) is 18.7 Å². The molecule has 0 heterocycles. The number of benzene rings is 1. The Morgan fingerprint density at radius 3 is 2.94 bits per heavy atom. The molecule has 0 bridgehead atoms. The van der Waals surface area contributed by atoms with Gasteiger partial charge in [-0.05, 0) is 31.3 Å². The summed E-state index contributed by atoms with van der Waals surface area (Å²) in [4.78, 5) is 0. The Balaban J connectivity index is 2.41. The molecule has 0 aliphatic rings. The maximum absolute atomic E-state index is 9.51. The predicted molar refractivity (Wildman–Crippen MR) is 75.9 cm³/mol. The molecule has 18 heavy (non-hydrogen) atoms. The molecule has 0 saturated heterocycles. The van der Waals surface area contributed by atoms with Gasteiger partial charge < -0.3 is 15.2 Å². The van der Waals surface area contributed by atoms with Crippen LogP contribution in [0.4, 0.5) is 0 Å². The van der Waals surface area contributed by atoms with Gasteiger partial charge in [-0.1, -0.05) is 12.1 Å². The maximum atomic E-state index is 9.51. The van der Waals surface area contributed by atoms with Gasteiger partial charge in [0.15, 0.2) is 5.11 Å². The third-order valence-corrected chi connectivity index (χ3v) is 2.31. The van der Waals surface area contributed by atoms with E-state index in [0.717, 1.165) is 0 Å². The van der Waals surface area contributed by atoms with E-state index in [9.17, 15) is 5.11 Å². The zero-order valence-corrected chi connectivity index (χ0v) is 11.2. The van der Waals surface area contributed by atoms with Crippen LogP contribution in [0.3, 0.4) is 0 Å². The van der Waals surface area contributed by atoms with Crippen LogP contribution in [0, 0.1) is 0 Å². The van der Waals surface area contributed by atoms with Crippen molar-refractivity contribution in [1.82, 2.24) is 10.7 Å². The first kappa shape index (κ1) is 14.4. The summed E-state index contributed by atoms with van der Waals surface area (Å²) in [5.41, 5.74) is 3.29. The molecule has 0 radical (unpaired) electrons. The van der Waals surface area contributed by atoms with Crippen LogP contribution in [-0.4, -0.2) is 36.2 Å². The molecule has 0 aliphatic carbocycles. The smallest absolute Gasteiger partial charge is 0.187 e. The van der Waals surface area contributed by atoms with Crippen molar-refractivity contribution in [2.24, 2.45) is 5.10 Å². The molecular formula is C12H17N3O2S. The molecule has 1 aromatic carbocycles. The summed E-state index contributed by atoms with van der Waals surface area (Å²) in [6.07, 6.45) is 1.50. The Kier molecular flexibility index (Phi) is 6.10. The second-order valence-corrected chi connectivity index (χ2v) is 4.17. The number of phenolic OH excluding ortho intramolecular Hbond substituents is 1. The highest BCUT2D eigenvalue weighted by atomic mass is 32.1. The van der Waals surface area contributed by atoms with Gasteiger partial charge in [-0.15, -0.1) is 0 Å². The Hall–Kier alpha value is -1.66. The highest BCUT2D eigenvalue weighted by Crippen LogP contribution is 2.12. The number of hydrogen-bond acceptors (Lipinski definition) is 4. The van der Waals surface area contributed by atoms with Crippen LogP contribution in [0.25, 0.3) is 0 Å². The number of phenols is 1. The molecule has 0 spiro atoms. The number of para-hydroxylation sites is 1. The molecule has 6 heteroatoms. The van der Waals surface area contributed by atoms with Crippen LogP contribution >= 0.6 is 12.2 Å². The molecule has 0 aromatic heterocycles. The summed E-state index contributed by atoms with van der Waals surface area (Å²) in [5, 5.41) is 16.9. The molecule has 0 unspecified atom stereocenters. The van der Waals surface area contributed by atoms with Crippen LogP contribution in [0.15, 0.2) is 29.4 Å². The van der Waals surface area contributed by atoms with Crippen molar-refractivity contribution in [1.29, 1.82) is 0 Å². The summed E-state index contributed by atoms with van der Waals surface area (Å²) in [7, 11) is 1.63. The number of nitrogens with one attached hydrogen (secondary N) is 2. The molecule has 1 atom stereocenters. The first-order valence-electron chi connectivity index (χ1n) is 5.50. The SMILES string of the molecule is COC[C@H](C)NC(=S)N/N=C/c1ccccc1O. The van der Waals surface area contributed by atoms with E-state index in [1.807, 2.05) is 13.0 Å². The van der Waals surface area contributed by atoms with Crippen molar-refractivity contribution in [3.05, 3.63) is 29.8 Å². The van der Waals surface area contributed by atoms with Crippen LogP contribution in [0.1, 0.15) is 12.5 Å². The average Bonchev–Trinajstić information content (AvgIpc) is 2.31. The summed E-state index contributed by atoms with van der Waals surface area (Å²) in [5.74, 6) is 0.176. The number of rotatable bonds is 5. The summed E-state index contributed by atoms with van der Waals surface area (Å²) in [6, 6.07) is 7.02. The van der Waals surface area contributed by atoms with Crippen LogP contribution in [0.5, 0.6) is 5.75 Å². The number of ether oxygens (including phenoxy) is 1. The van der Waals surface area contributed by atoms with E-state index in [1.165, 1.54) is 6.21 Å². The highest BCUT2D eigenvalue weighted by molar-refractivity contribution is 7.80. The first-order chi connectivity index (χ1) is 8.63. The molecule has 5 nitrogen and oxygen atoms in total. The summed E-state index contributed by atoms with van der Waals surface area (Å²) in [6.45, 7) is 2.51. The minimum absolute atomic E-state index is 0.107. The van der Waals surface area contributed by atoms with Crippen LogP contribution in [-0.2, 0) is 4.74 Å². The van der Waals surface area contributed by atoms with Gasteiger partial charge in [0.05, 0.1) is 12.8 Å². The maximum Gasteiger partial charge on any atom is 0.187 e. The van der Waals surface area contributed by atoms with Gasteiger partial charge >= 0.3 is 0 Å². The quantitative estimate of drug-likeness (QED) is 0.425. The van der Waals surface area contributed by atoms with Crippen LogP contribution in [0.2, 0.25) is 0 Å². The highest BCUT2D eigenvalue weighted by Gasteiger charge is 2.01. The Bertz CT molecular complexity index is 424. The fourth-order valence-corrected chi connectivity index (χ4v) is 1.56. The summed E-state index contributed by atoms with van der Waals surface area (Å²) >= 11 is 5.04. The fraction of sp³-hybridized carbons (Fsp3) is 0.333. The van der Waals surface area contributed by atoms with E-state index in [-0.39, 0.29) is 11.8 Å². The summed E-state index contributed by atoms with van der Waals surface area (Å²) < 4.78 is 4.97. The average molecular weight is 267 g/mol. The van der Waals surface area contributed by atoms with Crippen molar-refractivity contribution in [2.75, 3.05) is 13.7 Å². The zero-order chi connectivity index (χ0) is 13.4. The van der Waals surface area contributed by atoms with Gasteiger partial charge in [-0.25, -0.2) is 0 Å². The number of methoxy groups -OCH3 is 1. The Morgan fingerprint density at radius 1 is 1.56 bits per heavy atom. The van der Waals surface area contributed by atoms with Crippen molar-refractivity contribution >= 4 is 23.5 Å². The van der Waals surface area contributed by atoms with Crippen molar-refractivity contribution in [3.63, 3.8) is 0 Å². The molecule has 0 aliphatic heterocycles. The minimum atomic E-state index is 0.107. The van der Waals surface area contributed by atoms with Gasteiger partial charge in [-0.3, -0.25) is 5.43 Å². The second-order valence-electron chi connectivity index (χ2n) is 3.76. The van der Waals surface area contributed by atoms with Crippen molar-refractivity contribution in [3.8, 4) is 5.75 Å². The third kappa shape index (κ3) is 5.11. The number of thiocarbonyl (C=S) groups is 1. The molecular weight excluding hydrogens is 250 g/mol. The van der Waals surface area contributed by atoms with Crippen molar-refractivity contribution in [2.45, 2.75) is 13.0 Å². The van der Waals surface area contributed by atoms with Gasteiger partial charge in [0.1, 0.15) is 5.75 Å². The topological polar surface area (TPSA) is 65.9 Å². The lowest BCUT2D eigenvalue weighted by Gasteiger charge is -2.13. The van der Waals surface area contributed by atoms with Gasteiger partial charge in [-0.2, -0.15) is 5.10 Å². The van der Waals surface area contributed by atoms with E-state index >= 15 is 0 Å². The standard InChI is InChI=1S/C12H17N3O2S/c1-9(8-17-2)14-12(18)15-13-7-10-5-3-4-6-11(10)16/h3-7,9,16H,8H2,1-2H3,(H2,14,15,18)/b13-7+/t9-/m0/s1. The molecule has 1 rings (SSSR count). The molecule has 0 saturated carbocycles. The fourth-order valence-electron chi connectivity index (χ4n) is 1.30. The number of hydrogen-bond donors (Lipinski definition) is 3. The monoisotopic (exact) mass is 267 g/mol. The third-order valence-electron chi connectivity index (χ3n) is 2.10. The lowest BCUT2D eigenvalue weighted by molar-refractivity contribution is 0.179. The normalized spacial score (nSPS) is 12.3. The van der Waals surface area contributed by atoms with E-state index < -0.39 is 0 Å². The van der Waals surface area contributed by atoms with Crippen molar-refractivity contribution < 1.29 is 9.84 Å². The minimum Gasteiger partial charge on any atom is -0.507 e. The predicted octanol–water partition coefficient (Wildman–Crippen LogP) is 1.23. The van der Waals surface area contributed by atoms with E-state index in [0.29, 0.717) is 17.3 Å². The van der Waals surface area contributed by atoms with E-state index in [2.05, 4.69) is 15.8 Å². The Labute approximate surface area is 112 Å². The molecule has 0 fully saturated rings. The number of hydrazone groups is 1. The lowest BCUT2D eigenvalue weighted by Crippen LogP contribution is -2.40. The largest absolute Gasteiger partial charge is 0.507 e. The first-order valence-corrected chi connectivity index (χ1v) is 5.91.